The second kappa shape index (κ2) is 5.21. The van der Waals surface area contributed by atoms with Gasteiger partial charge in [0, 0.05) is 11.6 Å². The lowest BCUT2D eigenvalue weighted by Gasteiger charge is -2.56. The highest BCUT2D eigenvalue weighted by atomic mass is 16.3. The largest absolute Gasteiger partial charge is 0.393 e. The Morgan fingerprint density at radius 3 is 2.10 bits per heavy atom. The van der Waals surface area contributed by atoms with Crippen LogP contribution in [0.15, 0.2) is 0 Å². The third kappa shape index (κ3) is 2.95. The first-order chi connectivity index (χ1) is 9.44. The van der Waals surface area contributed by atoms with Crippen LogP contribution in [0.25, 0.3) is 0 Å². The number of rotatable bonds is 4. The number of hydrogen-bond donors (Lipinski definition) is 3. The zero-order chi connectivity index (χ0) is 14.3. The van der Waals surface area contributed by atoms with Gasteiger partial charge in [-0.25, -0.2) is 4.79 Å². The van der Waals surface area contributed by atoms with Crippen molar-refractivity contribution in [1.82, 2.24) is 10.6 Å². The fourth-order valence-electron chi connectivity index (χ4n) is 5.34. The summed E-state index contributed by atoms with van der Waals surface area (Å²) in [4.78, 5) is 12.2. The van der Waals surface area contributed by atoms with Gasteiger partial charge in [-0.3, -0.25) is 0 Å². The molecule has 0 aromatic rings. The lowest BCUT2D eigenvalue weighted by molar-refractivity contribution is -0.0136. The van der Waals surface area contributed by atoms with Crippen molar-refractivity contribution < 1.29 is 9.90 Å². The van der Waals surface area contributed by atoms with E-state index in [9.17, 15) is 9.90 Å². The van der Waals surface area contributed by atoms with Crippen molar-refractivity contribution in [2.24, 2.45) is 17.8 Å². The predicted octanol–water partition coefficient (Wildman–Crippen LogP) is 2.41. The zero-order valence-electron chi connectivity index (χ0n) is 12.7. The van der Waals surface area contributed by atoms with Crippen molar-refractivity contribution in [3.8, 4) is 0 Å². The predicted molar refractivity (Wildman–Crippen MR) is 78.3 cm³/mol. The maximum atomic E-state index is 12.2. The van der Waals surface area contributed by atoms with Gasteiger partial charge in [-0.1, -0.05) is 0 Å². The number of carbonyl (C=O) groups is 1. The summed E-state index contributed by atoms with van der Waals surface area (Å²) < 4.78 is 0. The Morgan fingerprint density at radius 1 is 1.15 bits per heavy atom. The average Bonchev–Trinajstić information content (AvgIpc) is 2.23. The van der Waals surface area contributed by atoms with Gasteiger partial charge in [0.25, 0.3) is 0 Å². The minimum absolute atomic E-state index is 0.0175. The summed E-state index contributed by atoms with van der Waals surface area (Å²) in [5, 5.41) is 15.6. The molecule has 0 aliphatic heterocycles. The number of urea groups is 1. The van der Waals surface area contributed by atoms with E-state index in [4.69, 9.17) is 0 Å². The topological polar surface area (TPSA) is 61.4 Å². The molecule has 0 aromatic carbocycles. The molecular formula is C16H28N2O2. The molecule has 114 valence electrons. The summed E-state index contributed by atoms with van der Waals surface area (Å²) in [7, 11) is 0. The first-order valence-electron chi connectivity index (χ1n) is 8.21. The highest BCUT2D eigenvalue weighted by molar-refractivity contribution is 5.75. The monoisotopic (exact) mass is 280 g/mol. The normalized spacial score (nSPS) is 41.2. The van der Waals surface area contributed by atoms with E-state index in [0.29, 0.717) is 6.42 Å². The quantitative estimate of drug-likeness (QED) is 0.740. The highest BCUT2D eigenvalue weighted by Crippen LogP contribution is 2.55. The van der Waals surface area contributed by atoms with Crippen LogP contribution in [-0.4, -0.2) is 28.8 Å². The Morgan fingerprint density at radius 2 is 1.65 bits per heavy atom. The Balaban J connectivity index is 1.56. The third-order valence-corrected chi connectivity index (χ3v) is 5.49. The molecule has 0 spiro atoms. The Kier molecular flexibility index (Phi) is 3.69. The second-order valence-corrected chi connectivity index (χ2v) is 7.78. The molecule has 0 heterocycles. The van der Waals surface area contributed by atoms with Gasteiger partial charge in [-0.2, -0.15) is 0 Å². The molecule has 4 aliphatic carbocycles. The Labute approximate surface area is 121 Å². The smallest absolute Gasteiger partial charge is 0.315 e. The van der Waals surface area contributed by atoms with Crippen LogP contribution in [0, 0.1) is 17.8 Å². The molecule has 20 heavy (non-hydrogen) atoms. The van der Waals surface area contributed by atoms with Gasteiger partial charge in [0.05, 0.1) is 6.10 Å². The fourth-order valence-corrected chi connectivity index (χ4v) is 5.34. The van der Waals surface area contributed by atoms with Crippen molar-refractivity contribution in [1.29, 1.82) is 0 Å². The van der Waals surface area contributed by atoms with Crippen LogP contribution in [0.2, 0.25) is 0 Å². The van der Waals surface area contributed by atoms with Gasteiger partial charge in [-0.05, 0) is 76.5 Å². The van der Waals surface area contributed by atoms with Crippen LogP contribution >= 0.6 is 0 Å². The number of aliphatic hydroxyl groups excluding tert-OH is 1. The van der Waals surface area contributed by atoms with Gasteiger partial charge in [-0.15, -0.1) is 0 Å². The Hall–Kier alpha value is -0.770. The van der Waals surface area contributed by atoms with Crippen molar-refractivity contribution >= 4 is 6.03 Å². The SMILES string of the molecule is CC(O)CC(C)NC(=O)NC12CC3CC(CC(C3)C1)C2. The summed E-state index contributed by atoms with van der Waals surface area (Å²) in [6, 6.07) is -0.0241. The molecule has 4 nitrogen and oxygen atoms in total. The van der Waals surface area contributed by atoms with E-state index in [-0.39, 0.29) is 23.7 Å². The molecule has 2 atom stereocenters. The van der Waals surface area contributed by atoms with Gasteiger partial charge >= 0.3 is 6.03 Å². The van der Waals surface area contributed by atoms with Crippen LogP contribution in [-0.2, 0) is 0 Å². The van der Waals surface area contributed by atoms with E-state index in [1.54, 1.807) is 6.92 Å². The lowest BCUT2D eigenvalue weighted by atomic mass is 9.53. The van der Waals surface area contributed by atoms with Crippen LogP contribution in [0.5, 0.6) is 0 Å². The maximum absolute atomic E-state index is 12.2. The molecule has 4 bridgehead atoms. The number of nitrogens with one attached hydrogen (secondary N) is 2. The summed E-state index contributed by atoms with van der Waals surface area (Å²) in [6.07, 6.45) is 7.94. The molecule has 0 aromatic heterocycles. The number of aliphatic hydroxyl groups is 1. The maximum Gasteiger partial charge on any atom is 0.315 e. The molecular weight excluding hydrogens is 252 g/mol. The number of carbonyl (C=O) groups excluding carboxylic acids is 1. The third-order valence-electron chi connectivity index (χ3n) is 5.49. The molecule has 2 unspecified atom stereocenters. The zero-order valence-corrected chi connectivity index (χ0v) is 12.7. The Bertz CT molecular complexity index is 345. The molecule has 4 fully saturated rings. The van der Waals surface area contributed by atoms with Crippen LogP contribution in [0.1, 0.15) is 58.8 Å². The molecule has 4 aliphatic rings. The van der Waals surface area contributed by atoms with E-state index in [1.165, 1.54) is 38.5 Å². The first-order valence-corrected chi connectivity index (χ1v) is 8.21. The van der Waals surface area contributed by atoms with Crippen molar-refractivity contribution in [3.63, 3.8) is 0 Å². The van der Waals surface area contributed by atoms with Gasteiger partial charge in [0.1, 0.15) is 0 Å². The molecule has 4 rings (SSSR count). The minimum atomic E-state index is -0.371. The van der Waals surface area contributed by atoms with Gasteiger partial charge in [0.2, 0.25) is 0 Å². The van der Waals surface area contributed by atoms with Crippen molar-refractivity contribution in [2.45, 2.75) is 76.5 Å². The van der Waals surface area contributed by atoms with E-state index in [1.807, 2.05) is 6.92 Å². The standard InChI is InChI=1S/C16H28N2O2/c1-10(3-11(2)19)17-15(20)18-16-7-12-4-13(8-16)6-14(5-12)9-16/h10-14,19H,3-9H2,1-2H3,(H2,17,18,20). The molecule has 4 saturated carbocycles. The first kappa shape index (κ1) is 14.2. The average molecular weight is 280 g/mol. The van der Waals surface area contributed by atoms with E-state index in [2.05, 4.69) is 10.6 Å². The molecule has 2 amide bonds. The summed E-state index contributed by atoms with van der Waals surface area (Å²) in [5.41, 5.74) is 0.0728. The van der Waals surface area contributed by atoms with Gasteiger partial charge in [0.15, 0.2) is 0 Å². The summed E-state index contributed by atoms with van der Waals surface area (Å²) in [6.45, 7) is 3.71. The number of hydrogen-bond acceptors (Lipinski definition) is 2. The van der Waals surface area contributed by atoms with Gasteiger partial charge < -0.3 is 15.7 Å². The van der Waals surface area contributed by atoms with E-state index >= 15 is 0 Å². The number of amides is 2. The van der Waals surface area contributed by atoms with Crippen molar-refractivity contribution in [2.75, 3.05) is 0 Å². The fraction of sp³-hybridized carbons (Fsp3) is 0.938. The summed E-state index contributed by atoms with van der Waals surface area (Å²) in [5.74, 6) is 2.53. The minimum Gasteiger partial charge on any atom is -0.393 e. The second-order valence-electron chi connectivity index (χ2n) is 7.78. The van der Waals surface area contributed by atoms with E-state index < -0.39 is 0 Å². The summed E-state index contributed by atoms with van der Waals surface area (Å²) >= 11 is 0. The molecule has 3 N–H and O–H groups in total. The van der Waals surface area contributed by atoms with E-state index in [0.717, 1.165) is 17.8 Å². The highest BCUT2D eigenvalue weighted by Gasteiger charge is 2.51. The van der Waals surface area contributed by atoms with Crippen LogP contribution in [0.4, 0.5) is 4.79 Å². The molecule has 0 saturated heterocycles. The van der Waals surface area contributed by atoms with Crippen molar-refractivity contribution in [3.05, 3.63) is 0 Å². The van der Waals surface area contributed by atoms with Crippen LogP contribution < -0.4 is 10.6 Å². The van der Waals surface area contributed by atoms with Crippen LogP contribution in [0.3, 0.4) is 0 Å². The molecule has 4 heteroatoms. The molecule has 0 radical (unpaired) electrons. The lowest BCUT2D eigenvalue weighted by Crippen LogP contribution is -2.62.